The SMILES string of the molecule is C[Si](C)(C#Cc1ccccc1)c1cccc2ccccc12. The zero-order valence-corrected chi connectivity index (χ0v) is 13.4. The van der Waals surface area contributed by atoms with Crippen LogP contribution in [-0.2, 0) is 0 Å². The largest absolute Gasteiger partial charge is 0.163 e. The Hall–Kier alpha value is -2.30. The summed E-state index contributed by atoms with van der Waals surface area (Å²) in [5.41, 5.74) is 4.67. The quantitative estimate of drug-likeness (QED) is 0.461. The van der Waals surface area contributed by atoms with Crippen LogP contribution in [0.15, 0.2) is 72.8 Å². The zero-order chi connectivity index (χ0) is 14.7. The van der Waals surface area contributed by atoms with Gasteiger partial charge < -0.3 is 0 Å². The fourth-order valence-electron chi connectivity index (χ4n) is 2.59. The minimum absolute atomic E-state index is 1.10. The molecular formula is C20H18Si. The summed E-state index contributed by atoms with van der Waals surface area (Å²) in [6.07, 6.45) is 0. The molecule has 0 aromatic heterocycles. The lowest BCUT2D eigenvalue weighted by Crippen LogP contribution is -2.40. The molecule has 0 saturated heterocycles. The average molecular weight is 286 g/mol. The van der Waals surface area contributed by atoms with Crippen molar-refractivity contribution in [3.8, 4) is 11.5 Å². The van der Waals surface area contributed by atoms with Crippen LogP contribution in [0.25, 0.3) is 10.8 Å². The van der Waals surface area contributed by atoms with E-state index in [2.05, 4.69) is 79.2 Å². The van der Waals surface area contributed by atoms with Crippen LogP contribution in [0.3, 0.4) is 0 Å². The maximum Gasteiger partial charge on any atom is 0.163 e. The Morgan fingerprint density at radius 2 is 1.38 bits per heavy atom. The van der Waals surface area contributed by atoms with Crippen LogP contribution in [0.5, 0.6) is 0 Å². The van der Waals surface area contributed by atoms with E-state index in [-0.39, 0.29) is 0 Å². The summed E-state index contributed by atoms with van der Waals surface area (Å²) in [6.45, 7) is 4.65. The second kappa shape index (κ2) is 5.59. The van der Waals surface area contributed by atoms with Crippen LogP contribution in [0.4, 0.5) is 0 Å². The van der Waals surface area contributed by atoms with Crippen LogP contribution < -0.4 is 5.19 Å². The Kier molecular flexibility index (Phi) is 3.64. The van der Waals surface area contributed by atoms with Gasteiger partial charge in [-0.15, -0.1) is 5.54 Å². The first kappa shape index (κ1) is 13.7. The van der Waals surface area contributed by atoms with Gasteiger partial charge in [-0.25, -0.2) is 0 Å². The van der Waals surface area contributed by atoms with E-state index in [1.165, 1.54) is 16.0 Å². The highest BCUT2D eigenvalue weighted by atomic mass is 28.3. The maximum absolute atomic E-state index is 3.57. The highest BCUT2D eigenvalue weighted by Crippen LogP contribution is 2.15. The highest BCUT2D eigenvalue weighted by molar-refractivity contribution is 6.97. The third-order valence-corrected chi connectivity index (χ3v) is 6.29. The van der Waals surface area contributed by atoms with Crippen molar-refractivity contribution in [2.75, 3.05) is 0 Å². The third kappa shape index (κ3) is 2.91. The topological polar surface area (TPSA) is 0 Å². The molecule has 0 spiro atoms. The van der Waals surface area contributed by atoms with Crippen LogP contribution >= 0.6 is 0 Å². The van der Waals surface area contributed by atoms with E-state index in [0.29, 0.717) is 0 Å². The summed E-state index contributed by atoms with van der Waals surface area (Å²) in [5, 5.41) is 4.07. The molecule has 0 aliphatic rings. The molecule has 3 rings (SSSR count). The van der Waals surface area contributed by atoms with Gasteiger partial charge in [-0.3, -0.25) is 0 Å². The van der Waals surface area contributed by atoms with E-state index >= 15 is 0 Å². The Balaban J connectivity index is 2.07. The fraction of sp³-hybridized carbons (Fsp3) is 0.100. The number of fused-ring (bicyclic) bond motifs is 1. The van der Waals surface area contributed by atoms with Crippen LogP contribution in [0, 0.1) is 11.5 Å². The number of hydrogen-bond donors (Lipinski definition) is 0. The monoisotopic (exact) mass is 286 g/mol. The van der Waals surface area contributed by atoms with Crippen molar-refractivity contribution in [3.63, 3.8) is 0 Å². The van der Waals surface area contributed by atoms with E-state index in [1.807, 2.05) is 18.2 Å². The number of hydrogen-bond acceptors (Lipinski definition) is 0. The van der Waals surface area contributed by atoms with E-state index in [1.54, 1.807) is 0 Å². The first-order valence-corrected chi connectivity index (χ1v) is 10.2. The molecule has 0 radical (unpaired) electrons. The van der Waals surface area contributed by atoms with E-state index in [0.717, 1.165) is 5.56 Å². The molecule has 0 bridgehead atoms. The molecule has 0 aliphatic carbocycles. The Labute approximate surface area is 127 Å². The molecule has 0 heterocycles. The molecule has 3 aromatic carbocycles. The van der Waals surface area contributed by atoms with Crippen molar-refractivity contribution >= 4 is 24.0 Å². The summed E-state index contributed by atoms with van der Waals surface area (Å²) in [6, 6.07) is 25.4. The van der Waals surface area contributed by atoms with Crippen LogP contribution in [0.1, 0.15) is 5.56 Å². The molecule has 3 aromatic rings. The van der Waals surface area contributed by atoms with E-state index in [9.17, 15) is 0 Å². The standard InChI is InChI=1S/C20H18Si/c1-21(2,16-15-17-9-4-3-5-10-17)20-14-8-12-18-11-6-7-13-19(18)20/h3-14H,1-2H3. The predicted molar refractivity (Wildman–Crippen MR) is 94.4 cm³/mol. The fourth-order valence-corrected chi connectivity index (χ4v) is 4.59. The summed E-state index contributed by atoms with van der Waals surface area (Å²) >= 11 is 0. The highest BCUT2D eigenvalue weighted by Gasteiger charge is 2.23. The molecule has 1 heteroatoms. The van der Waals surface area contributed by atoms with Crippen LogP contribution in [-0.4, -0.2) is 8.07 Å². The molecule has 0 atom stereocenters. The lowest BCUT2D eigenvalue weighted by atomic mass is 10.1. The number of rotatable bonds is 1. The van der Waals surface area contributed by atoms with E-state index in [4.69, 9.17) is 0 Å². The Morgan fingerprint density at radius 1 is 0.714 bits per heavy atom. The maximum atomic E-state index is 3.57. The summed E-state index contributed by atoms with van der Waals surface area (Å²) in [5.74, 6) is 3.36. The van der Waals surface area contributed by atoms with Gasteiger partial charge in [0.1, 0.15) is 0 Å². The lowest BCUT2D eigenvalue weighted by molar-refractivity contribution is 1.65. The minimum Gasteiger partial charge on any atom is -0.121 e. The van der Waals surface area contributed by atoms with Crippen molar-refractivity contribution in [1.29, 1.82) is 0 Å². The van der Waals surface area contributed by atoms with Gasteiger partial charge in [0.05, 0.1) is 0 Å². The van der Waals surface area contributed by atoms with Gasteiger partial charge in [0.15, 0.2) is 8.07 Å². The Bertz CT molecular complexity index is 815. The molecule has 0 unspecified atom stereocenters. The first-order chi connectivity index (χ1) is 10.2. The molecule has 0 amide bonds. The zero-order valence-electron chi connectivity index (χ0n) is 12.4. The van der Waals surface area contributed by atoms with Crippen molar-refractivity contribution in [3.05, 3.63) is 78.4 Å². The third-order valence-electron chi connectivity index (χ3n) is 3.76. The summed E-state index contributed by atoms with van der Waals surface area (Å²) < 4.78 is 0. The first-order valence-electron chi connectivity index (χ1n) is 7.23. The summed E-state index contributed by atoms with van der Waals surface area (Å²) in [7, 11) is -1.79. The van der Waals surface area contributed by atoms with Crippen molar-refractivity contribution in [2.45, 2.75) is 13.1 Å². The second-order valence-corrected chi connectivity index (χ2v) is 9.81. The smallest absolute Gasteiger partial charge is 0.121 e. The van der Waals surface area contributed by atoms with Crippen molar-refractivity contribution in [1.82, 2.24) is 0 Å². The van der Waals surface area contributed by atoms with Gasteiger partial charge >= 0.3 is 0 Å². The second-order valence-electron chi connectivity index (χ2n) is 5.77. The molecular weight excluding hydrogens is 268 g/mol. The number of benzene rings is 3. The summed E-state index contributed by atoms with van der Waals surface area (Å²) in [4.78, 5) is 0. The van der Waals surface area contributed by atoms with E-state index < -0.39 is 8.07 Å². The van der Waals surface area contributed by atoms with Crippen LogP contribution in [0.2, 0.25) is 13.1 Å². The average Bonchev–Trinajstić information content (AvgIpc) is 2.53. The van der Waals surface area contributed by atoms with Gasteiger partial charge in [0, 0.05) is 5.56 Å². The Morgan fingerprint density at radius 3 is 2.19 bits per heavy atom. The van der Waals surface area contributed by atoms with Gasteiger partial charge in [-0.05, 0) is 28.1 Å². The van der Waals surface area contributed by atoms with Gasteiger partial charge in [0.2, 0.25) is 0 Å². The van der Waals surface area contributed by atoms with Crippen molar-refractivity contribution < 1.29 is 0 Å². The molecule has 0 N–H and O–H groups in total. The molecule has 0 fully saturated rings. The van der Waals surface area contributed by atoms with Gasteiger partial charge in [0.25, 0.3) is 0 Å². The van der Waals surface area contributed by atoms with Gasteiger partial charge in [-0.1, -0.05) is 79.7 Å². The predicted octanol–water partition coefficient (Wildman–Crippen LogP) is 4.35. The molecule has 102 valence electrons. The minimum atomic E-state index is -1.79. The molecule has 21 heavy (non-hydrogen) atoms. The molecule has 0 saturated carbocycles. The molecule has 0 aliphatic heterocycles. The normalized spacial score (nSPS) is 11.0. The van der Waals surface area contributed by atoms with Crippen molar-refractivity contribution in [2.24, 2.45) is 0 Å². The lowest BCUT2D eigenvalue weighted by Gasteiger charge is -2.18. The molecule has 0 nitrogen and oxygen atoms in total. The van der Waals surface area contributed by atoms with Gasteiger partial charge in [-0.2, -0.15) is 0 Å².